The van der Waals surface area contributed by atoms with Gasteiger partial charge in [0, 0.05) is 23.3 Å². The van der Waals surface area contributed by atoms with Crippen molar-refractivity contribution in [3.63, 3.8) is 0 Å². The van der Waals surface area contributed by atoms with Gasteiger partial charge in [0.05, 0.1) is 6.04 Å². The van der Waals surface area contributed by atoms with Gasteiger partial charge in [0.2, 0.25) is 5.91 Å². The number of carbonyl (C=O) groups is 1. The van der Waals surface area contributed by atoms with Crippen molar-refractivity contribution in [3.8, 4) is 0 Å². The number of nitrogens with one attached hydrogen (secondary N) is 1. The minimum absolute atomic E-state index is 0.0871. The molecule has 2 atom stereocenters. The van der Waals surface area contributed by atoms with Crippen LogP contribution in [0.25, 0.3) is 0 Å². The van der Waals surface area contributed by atoms with Crippen LogP contribution in [0.4, 0.5) is 5.69 Å². The number of amides is 1. The zero-order valence-corrected chi connectivity index (χ0v) is 14.2. The number of anilines is 1. The lowest BCUT2D eigenvalue weighted by Crippen LogP contribution is -2.45. The Morgan fingerprint density at radius 2 is 1.83 bits per heavy atom. The standard InChI is InChI=1S/C19H21ClN2O/c1-13(15-7-9-17(20)10-8-15)21-14(2)19(23)22-12-11-16-5-3-4-6-18(16)22/h3-10,13-14,21H,11-12H2,1-2H3/t13-,14-/m0/s1. The van der Waals surface area contributed by atoms with Crippen LogP contribution in [0.3, 0.4) is 0 Å². The Labute approximate surface area is 142 Å². The largest absolute Gasteiger partial charge is 0.310 e. The van der Waals surface area contributed by atoms with Crippen molar-refractivity contribution in [1.29, 1.82) is 0 Å². The quantitative estimate of drug-likeness (QED) is 0.921. The van der Waals surface area contributed by atoms with Crippen molar-refractivity contribution < 1.29 is 4.79 Å². The Kier molecular flexibility index (Phi) is 4.69. The lowest BCUT2D eigenvalue weighted by molar-refractivity contribution is -0.120. The third kappa shape index (κ3) is 3.41. The van der Waals surface area contributed by atoms with Gasteiger partial charge in [0.15, 0.2) is 0 Å². The van der Waals surface area contributed by atoms with Gasteiger partial charge in [0.25, 0.3) is 0 Å². The average Bonchev–Trinajstić information content (AvgIpc) is 2.98. The zero-order chi connectivity index (χ0) is 16.4. The van der Waals surface area contributed by atoms with E-state index in [4.69, 9.17) is 11.6 Å². The molecule has 0 radical (unpaired) electrons. The van der Waals surface area contributed by atoms with E-state index < -0.39 is 0 Å². The second kappa shape index (κ2) is 6.73. The van der Waals surface area contributed by atoms with Gasteiger partial charge in [0.1, 0.15) is 0 Å². The maximum Gasteiger partial charge on any atom is 0.243 e. The van der Waals surface area contributed by atoms with Crippen LogP contribution in [-0.2, 0) is 11.2 Å². The molecular formula is C19H21ClN2O. The number of halogens is 1. The Balaban J connectivity index is 1.67. The lowest BCUT2D eigenvalue weighted by Gasteiger charge is -2.25. The Hall–Kier alpha value is -1.84. The first-order valence-corrected chi connectivity index (χ1v) is 8.35. The fourth-order valence-electron chi connectivity index (χ4n) is 3.09. The fraction of sp³-hybridized carbons (Fsp3) is 0.316. The van der Waals surface area contributed by atoms with Crippen LogP contribution >= 0.6 is 11.6 Å². The van der Waals surface area contributed by atoms with Crippen molar-refractivity contribution in [2.45, 2.75) is 32.4 Å². The topological polar surface area (TPSA) is 32.3 Å². The van der Waals surface area contributed by atoms with E-state index in [1.807, 2.05) is 54.3 Å². The number of benzene rings is 2. The molecule has 23 heavy (non-hydrogen) atoms. The molecule has 0 aliphatic carbocycles. The zero-order valence-electron chi connectivity index (χ0n) is 13.4. The molecule has 4 heteroatoms. The Bertz CT molecular complexity index is 699. The molecule has 0 saturated carbocycles. The summed E-state index contributed by atoms with van der Waals surface area (Å²) in [5.74, 6) is 0.121. The maximum atomic E-state index is 12.8. The SMILES string of the molecule is C[C@H](N[C@@H](C)c1ccc(Cl)cc1)C(=O)N1CCc2ccccc21. The molecule has 3 rings (SSSR count). The van der Waals surface area contributed by atoms with E-state index in [2.05, 4.69) is 18.3 Å². The number of hydrogen-bond acceptors (Lipinski definition) is 2. The van der Waals surface area contributed by atoms with Gasteiger partial charge in [-0.25, -0.2) is 0 Å². The van der Waals surface area contributed by atoms with E-state index >= 15 is 0 Å². The summed E-state index contributed by atoms with van der Waals surface area (Å²) in [6, 6.07) is 15.7. The van der Waals surface area contributed by atoms with Gasteiger partial charge in [-0.05, 0) is 49.6 Å². The summed E-state index contributed by atoms with van der Waals surface area (Å²) in [7, 11) is 0. The number of carbonyl (C=O) groups excluding carboxylic acids is 1. The summed E-state index contributed by atoms with van der Waals surface area (Å²) in [5, 5.41) is 4.11. The third-order valence-electron chi connectivity index (χ3n) is 4.39. The number of hydrogen-bond donors (Lipinski definition) is 1. The molecule has 0 fully saturated rings. The molecule has 0 saturated heterocycles. The summed E-state index contributed by atoms with van der Waals surface area (Å²) in [5.41, 5.74) is 3.42. The van der Waals surface area contributed by atoms with Crippen LogP contribution in [0.1, 0.15) is 31.0 Å². The van der Waals surface area contributed by atoms with Crippen LogP contribution in [0.2, 0.25) is 5.02 Å². The van der Waals surface area contributed by atoms with Crippen molar-refractivity contribution >= 4 is 23.2 Å². The van der Waals surface area contributed by atoms with Gasteiger partial charge in [-0.15, -0.1) is 0 Å². The van der Waals surface area contributed by atoms with Crippen molar-refractivity contribution in [2.24, 2.45) is 0 Å². The van der Waals surface area contributed by atoms with Gasteiger partial charge >= 0.3 is 0 Å². The minimum Gasteiger partial charge on any atom is -0.310 e. The molecule has 2 aromatic rings. The predicted molar refractivity (Wildman–Crippen MR) is 95.0 cm³/mol. The van der Waals surface area contributed by atoms with Crippen LogP contribution in [0.5, 0.6) is 0 Å². The second-order valence-corrected chi connectivity index (χ2v) is 6.47. The normalized spacial score (nSPS) is 16.0. The first-order chi connectivity index (χ1) is 11.1. The smallest absolute Gasteiger partial charge is 0.243 e. The van der Waals surface area contributed by atoms with Gasteiger partial charge in [-0.3, -0.25) is 10.1 Å². The van der Waals surface area contributed by atoms with E-state index in [0.29, 0.717) is 0 Å². The van der Waals surface area contributed by atoms with Crippen LogP contribution in [0, 0.1) is 0 Å². The molecular weight excluding hydrogens is 308 g/mol. The Morgan fingerprint density at radius 3 is 2.57 bits per heavy atom. The summed E-state index contributed by atoms with van der Waals surface area (Å²) in [6.07, 6.45) is 0.932. The molecule has 0 bridgehead atoms. The van der Waals surface area contributed by atoms with Gasteiger partial charge in [-0.2, -0.15) is 0 Å². The first kappa shape index (κ1) is 16.0. The second-order valence-electron chi connectivity index (χ2n) is 6.03. The molecule has 1 heterocycles. The molecule has 1 amide bonds. The van der Waals surface area contributed by atoms with E-state index in [1.165, 1.54) is 5.56 Å². The highest BCUT2D eigenvalue weighted by molar-refractivity contribution is 6.30. The molecule has 120 valence electrons. The molecule has 3 nitrogen and oxygen atoms in total. The molecule has 2 aromatic carbocycles. The highest BCUT2D eigenvalue weighted by atomic mass is 35.5. The molecule has 0 unspecified atom stereocenters. The average molecular weight is 329 g/mol. The van der Waals surface area contributed by atoms with Crippen LogP contribution in [0.15, 0.2) is 48.5 Å². The molecule has 0 aromatic heterocycles. The maximum absolute atomic E-state index is 12.8. The van der Waals surface area contributed by atoms with Crippen molar-refractivity contribution in [2.75, 3.05) is 11.4 Å². The molecule has 1 aliphatic heterocycles. The monoisotopic (exact) mass is 328 g/mol. The van der Waals surface area contributed by atoms with Crippen molar-refractivity contribution in [3.05, 3.63) is 64.7 Å². The highest BCUT2D eigenvalue weighted by Gasteiger charge is 2.28. The van der Waals surface area contributed by atoms with Crippen LogP contribution < -0.4 is 10.2 Å². The number of fused-ring (bicyclic) bond motifs is 1. The van der Waals surface area contributed by atoms with Crippen molar-refractivity contribution in [1.82, 2.24) is 5.32 Å². The van der Waals surface area contributed by atoms with E-state index in [1.54, 1.807) is 0 Å². The highest BCUT2D eigenvalue weighted by Crippen LogP contribution is 2.28. The van der Waals surface area contributed by atoms with E-state index in [0.717, 1.165) is 29.2 Å². The van der Waals surface area contributed by atoms with Gasteiger partial charge in [-0.1, -0.05) is 41.9 Å². The fourth-order valence-corrected chi connectivity index (χ4v) is 3.22. The summed E-state index contributed by atoms with van der Waals surface area (Å²) in [6.45, 7) is 4.75. The minimum atomic E-state index is -0.244. The van der Waals surface area contributed by atoms with E-state index in [-0.39, 0.29) is 18.0 Å². The molecule has 0 spiro atoms. The van der Waals surface area contributed by atoms with E-state index in [9.17, 15) is 4.79 Å². The first-order valence-electron chi connectivity index (χ1n) is 7.97. The Morgan fingerprint density at radius 1 is 1.13 bits per heavy atom. The lowest BCUT2D eigenvalue weighted by atomic mass is 10.1. The predicted octanol–water partition coefficient (Wildman–Crippen LogP) is 3.97. The number of rotatable bonds is 4. The number of para-hydroxylation sites is 1. The molecule has 1 aliphatic rings. The third-order valence-corrected chi connectivity index (χ3v) is 4.65. The summed E-state index contributed by atoms with van der Waals surface area (Å²) < 4.78 is 0. The number of nitrogens with zero attached hydrogens (tertiary/aromatic N) is 1. The van der Waals surface area contributed by atoms with Gasteiger partial charge < -0.3 is 4.90 Å². The van der Waals surface area contributed by atoms with Crippen LogP contribution in [-0.4, -0.2) is 18.5 Å². The summed E-state index contributed by atoms with van der Waals surface area (Å²) >= 11 is 5.93. The molecule has 1 N–H and O–H groups in total. The summed E-state index contributed by atoms with van der Waals surface area (Å²) in [4.78, 5) is 14.7.